The summed E-state index contributed by atoms with van der Waals surface area (Å²) in [6.07, 6.45) is 1.66. The SMILES string of the molecule is O=C(O)C(NCC(O)c1ncc[nH]1)P(=O)(O)O. The van der Waals surface area contributed by atoms with Crippen molar-refractivity contribution in [3.8, 4) is 0 Å². The van der Waals surface area contributed by atoms with E-state index in [-0.39, 0.29) is 12.4 Å². The quantitative estimate of drug-likeness (QED) is 0.344. The summed E-state index contributed by atoms with van der Waals surface area (Å²) in [4.78, 5) is 34.4. The lowest BCUT2D eigenvalue weighted by Crippen LogP contribution is -2.38. The minimum Gasteiger partial charge on any atom is -0.480 e. The summed E-state index contributed by atoms with van der Waals surface area (Å²) >= 11 is 0. The monoisotopic (exact) mass is 265 g/mol. The zero-order chi connectivity index (χ0) is 13.1. The highest BCUT2D eigenvalue weighted by Crippen LogP contribution is 2.39. The highest BCUT2D eigenvalue weighted by molar-refractivity contribution is 7.53. The van der Waals surface area contributed by atoms with Gasteiger partial charge in [0.05, 0.1) is 0 Å². The molecule has 0 fully saturated rings. The van der Waals surface area contributed by atoms with Crippen molar-refractivity contribution in [2.75, 3.05) is 6.54 Å². The number of aliphatic hydroxyl groups is 1. The Morgan fingerprint density at radius 2 is 2.24 bits per heavy atom. The molecule has 0 aliphatic rings. The van der Waals surface area contributed by atoms with Crippen LogP contribution in [0.3, 0.4) is 0 Å². The van der Waals surface area contributed by atoms with Gasteiger partial charge in [-0.25, -0.2) is 9.78 Å². The molecule has 0 bridgehead atoms. The van der Waals surface area contributed by atoms with Gasteiger partial charge in [-0.2, -0.15) is 0 Å². The molecule has 96 valence electrons. The van der Waals surface area contributed by atoms with Crippen molar-refractivity contribution in [2.24, 2.45) is 0 Å². The van der Waals surface area contributed by atoms with E-state index in [0.717, 1.165) is 0 Å². The van der Waals surface area contributed by atoms with Gasteiger partial charge in [0, 0.05) is 18.9 Å². The molecule has 1 heterocycles. The van der Waals surface area contributed by atoms with Gasteiger partial charge in [-0.05, 0) is 0 Å². The van der Waals surface area contributed by atoms with Gasteiger partial charge in [0.1, 0.15) is 11.9 Å². The standard InChI is InChI=1S/C7H12N3O6P/c11-4(5-8-1-2-9-5)3-10-6(7(12)13)17(14,15)16/h1-2,4,6,10-11H,3H2,(H,8,9)(H,12,13)(H2,14,15,16). The second-order valence-electron chi connectivity index (χ2n) is 3.23. The molecule has 9 nitrogen and oxygen atoms in total. The van der Waals surface area contributed by atoms with Crippen molar-refractivity contribution in [1.82, 2.24) is 15.3 Å². The van der Waals surface area contributed by atoms with E-state index < -0.39 is 25.5 Å². The molecular weight excluding hydrogens is 253 g/mol. The first-order chi connectivity index (χ1) is 7.82. The van der Waals surface area contributed by atoms with Crippen LogP contribution in [0.5, 0.6) is 0 Å². The largest absolute Gasteiger partial charge is 0.480 e. The second-order valence-corrected chi connectivity index (χ2v) is 4.92. The average Bonchev–Trinajstić information content (AvgIpc) is 2.67. The van der Waals surface area contributed by atoms with Crippen molar-refractivity contribution < 1.29 is 29.4 Å². The Morgan fingerprint density at radius 1 is 1.59 bits per heavy atom. The molecule has 1 aromatic rings. The van der Waals surface area contributed by atoms with E-state index in [0.29, 0.717) is 0 Å². The number of nitrogens with zero attached hydrogens (tertiary/aromatic N) is 1. The first-order valence-electron chi connectivity index (χ1n) is 4.51. The molecule has 1 rings (SSSR count). The van der Waals surface area contributed by atoms with Crippen molar-refractivity contribution >= 4 is 13.6 Å². The zero-order valence-electron chi connectivity index (χ0n) is 8.52. The Morgan fingerprint density at radius 3 is 2.65 bits per heavy atom. The number of hydrogen-bond acceptors (Lipinski definition) is 5. The van der Waals surface area contributed by atoms with Crippen molar-refractivity contribution in [3.63, 3.8) is 0 Å². The maximum absolute atomic E-state index is 10.8. The van der Waals surface area contributed by atoms with Gasteiger partial charge in [-0.3, -0.25) is 9.88 Å². The van der Waals surface area contributed by atoms with Crippen LogP contribution in [0.15, 0.2) is 12.4 Å². The van der Waals surface area contributed by atoms with Gasteiger partial charge in [-0.1, -0.05) is 0 Å². The molecule has 17 heavy (non-hydrogen) atoms. The summed E-state index contributed by atoms with van der Waals surface area (Å²) in [5.41, 5.74) is 0. The third-order valence-electron chi connectivity index (χ3n) is 1.91. The number of imidazole rings is 1. The van der Waals surface area contributed by atoms with Gasteiger partial charge in [0.2, 0.25) is 5.78 Å². The van der Waals surface area contributed by atoms with E-state index in [1.807, 2.05) is 0 Å². The fraction of sp³-hybridized carbons (Fsp3) is 0.429. The van der Waals surface area contributed by atoms with E-state index in [2.05, 4.69) is 15.3 Å². The Balaban J connectivity index is 2.59. The molecular formula is C7H12N3O6P. The van der Waals surface area contributed by atoms with Crippen LogP contribution in [0.1, 0.15) is 11.9 Å². The maximum atomic E-state index is 10.8. The number of rotatable bonds is 6. The van der Waals surface area contributed by atoms with Gasteiger partial charge in [0.25, 0.3) is 0 Å². The van der Waals surface area contributed by atoms with Crippen LogP contribution in [0.4, 0.5) is 0 Å². The van der Waals surface area contributed by atoms with Crippen LogP contribution in [0.25, 0.3) is 0 Å². The molecule has 0 saturated carbocycles. The van der Waals surface area contributed by atoms with Crippen LogP contribution in [-0.4, -0.2) is 48.3 Å². The van der Waals surface area contributed by atoms with Gasteiger partial charge >= 0.3 is 13.6 Å². The lowest BCUT2D eigenvalue weighted by Gasteiger charge is -2.17. The molecule has 10 heteroatoms. The van der Waals surface area contributed by atoms with E-state index in [9.17, 15) is 14.5 Å². The molecule has 2 atom stereocenters. The molecule has 1 aromatic heterocycles. The van der Waals surface area contributed by atoms with Crippen LogP contribution in [0, 0.1) is 0 Å². The van der Waals surface area contributed by atoms with Gasteiger partial charge in [0.15, 0.2) is 0 Å². The smallest absolute Gasteiger partial charge is 0.353 e. The third kappa shape index (κ3) is 3.91. The predicted molar refractivity (Wildman–Crippen MR) is 55.0 cm³/mol. The minimum atomic E-state index is -4.82. The average molecular weight is 265 g/mol. The van der Waals surface area contributed by atoms with E-state index >= 15 is 0 Å². The van der Waals surface area contributed by atoms with E-state index in [4.69, 9.17) is 14.9 Å². The van der Waals surface area contributed by atoms with Crippen molar-refractivity contribution in [3.05, 3.63) is 18.2 Å². The first-order valence-corrected chi connectivity index (χ1v) is 6.19. The lowest BCUT2D eigenvalue weighted by molar-refractivity contribution is -0.137. The highest BCUT2D eigenvalue weighted by atomic mass is 31.2. The van der Waals surface area contributed by atoms with E-state index in [1.165, 1.54) is 12.4 Å². The topological polar surface area (TPSA) is 156 Å². The minimum absolute atomic E-state index is 0.173. The van der Waals surface area contributed by atoms with Crippen LogP contribution < -0.4 is 5.32 Å². The van der Waals surface area contributed by atoms with Crippen LogP contribution >= 0.6 is 7.60 Å². The van der Waals surface area contributed by atoms with Crippen LogP contribution in [-0.2, 0) is 9.36 Å². The molecule has 2 unspecified atom stereocenters. The fourth-order valence-corrected chi connectivity index (χ4v) is 1.76. The number of aliphatic carboxylic acids is 1. The molecule has 0 aliphatic carbocycles. The number of carboxylic acids is 1. The Hall–Kier alpha value is -1.25. The second kappa shape index (κ2) is 5.39. The first kappa shape index (κ1) is 13.8. The molecule has 0 aliphatic heterocycles. The Labute approximate surface area is 95.7 Å². The summed E-state index contributed by atoms with van der Waals surface area (Å²) in [5.74, 6) is -3.57. The normalized spacial score (nSPS) is 15.5. The number of carboxylic acid groups (broad SMARTS) is 1. The number of aliphatic hydroxyl groups excluding tert-OH is 1. The molecule has 0 aromatic carbocycles. The van der Waals surface area contributed by atoms with Crippen molar-refractivity contribution in [2.45, 2.75) is 11.9 Å². The number of aromatic amines is 1. The summed E-state index contributed by atoms with van der Waals surface area (Å²) in [7, 11) is -4.82. The summed E-state index contributed by atoms with van der Waals surface area (Å²) in [6.45, 7) is -0.352. The van der Waals surface area contributed by atoms with Gasteiger partial charge in [-0.15, -0.1) is 0 Å². The number of aromatic nitrogens is 2. The summed E-state index contributed by atoms with van der Waals surface area (Å²) in [6, 6.07) is 0. The van der Waals surface area contributed by atoms with Crippen molar-refractivity contribution in [1.29, 1.82) is 0 Å². The number of hydrogen-bond donors (Lipinski definition) is 6. The number of H-pyrrole nitrogens is 1. The van der Waals surface area contributed by atoms with Crippen LogP contribution in [0.2, 0.25) is 0 Å². The maximum Gasteiger partial charge on any atom is 0.353 e. The molecule has 0 radical (unpaired) electrons. The number of nitrogens with one attached hydrogen (secondary N) is 2. The molecule has 0 saturated heterocycles. The predicted octanol–water partition coefficient (Wildman–Crippen LogP) is -1.38. The Bertz CT molecular complexity index is 415. The summed E-state index contributed by atoms with van der Waals surface area (Å²) < 4.78 is 10.8. The lowest BCUT2D eigenvalue weighted by atomic mass is 10.3. The third-order valence-corrected chi connectivity index (χ3v) is 2.99. The number of carbonyl (C=O) groups is 1. The molecule has 0 spiro atoms. The van der Waals surface area contributed by atoms with Gasteiger partial charge < -0.3 is 25.0 Å². The van der Waals surface area contributed by atoms with E-state index in [1.54, 1.807) is 0 Å². The fourth-order valence-electron chi connectivity index (χ4n) is 1.13. The highest BCUT2D eigenvalue weighted by Gasteiger charge is 2.35. The Kier molecular flexibility index (Phi) is 4.38. The molecule has 6 N–H and O–H groups in total. The zero-order valence-corrected chi connectivity index (χ0v) is 9.41. The molecule has 0 amide bonds. The summed E-state index contributed by atoms with van der Waals surface area (Å²) in [5, 5.41) is 20.2.